The van der Waals surface area contributed by atoms with Gasteiger partial charge in [0.1, 0.15) is 11.6 Å². The zero-order valence-corrected chi connectivity index (χ0v) is 15.3. The summed E-state index contributed by atoms with van der Waals surface area (Å²) >= 11 is 0. The van der Waals surface area contributed by atoms with Crippen molar-refractivity contribution in [2.24, 2.45) is 0 Å². The number of terminal acetylenes is 1. The Morgan fingerprint density at radius 2 is 2.21 bits per heavy atom. The number of ether oxygens (including phenoxy) is 1. The Morgan fingerprint density at radius 3 is 3.00 bits per heavy atom. The van der Waals surface area contributed by atoms with Crippen molar-refractivity contribution in [1.82, 2.24) is 10.3 Å². The average molecular weight is 375 g/mol. The predicted octanol–water partition coefficient (Wildman–Crippen LogP) is 2.68. The van der Waals surface area contributed by atoms with E-state index in [1.165, 1.54) is 11.0 Å². The molecular formula is C22H18FN3O2. The second kappa shape index (κ2) is 5.85. The fourth-order valence-corrected chi connectivity index (χ4v) is 4.56. The van der Waals surface area contributed by atoms with Gasteiger partial charge in [0, 0.05) is 23.0 Å². The van der Waals surface area contributed by atoms with E-state index < -0.39 is 11.4 Å². The highest BCUT2D eigenvalue weighted by molar-refractivity contribution is 6.11. The van der Waals surface area contributed by atoms with Crippen molar-refractivity contribution in [3.05, 3.63) is 59.0 Å². The minimum atomic E-state index is -1.17. The summed E-state index contributed by atoms with van der Waals surface area (Å²) in [5.41, 5.74) is 2.37. The van der Waals surface area contributed by atoms with Crippen LogP contribution in [0, 0.1) is 18.2 Å². The summed E-state index contributed by atoms with van der Waals surface area (Å²) in [6.07, 6.45) is 6.22. The number of fused-ring (bicyclic) bond motifs is 6. The second-order valence-corrected chi connectivity index (χ2v) is 7.05. The number of nitrogens with zero attached hydrogens (tertiary/aromatic N) is 1. The van der Waals surface area contributed by atoms with E-state index in [-0.39, 0.29) is 18.1 Å². The highest BCUT2D eigenvalue weighted by atomic mass is 19.1. The van der Waals surface area contributed by atoms with Crippen LogP contribution in [0.15, 0.2) is 36.4 Å². The minimum Gasteiger partial charge on any atom is -0.497 e. The first kappa shape index (κ1) is 16.8. The highest BCUT2D eigenvalue weighted by Gasteiger charge is 2.56. The maximum Gasteiger partial charge on any atom is 0.259 e. The molecule has 6 heteroatoms. The van der Waals surface area contributed by atoms with Crippen LogP contribution in [0.2, 0.25) is 0 Å². The van der Waals surface area contributed by atoms with Crippen LogP contribution in [0.5, 0.6) is 5.75 Å². The first-order chi connectivity index (χ1) is 13.6. The Morgan fingerprint density at radius 1 is 1.36 bits per heavy atom. The zero-order valence-electron chi connectivity index (χ0n) is 15.3. The number of para-hydroxylation sites is 1. The van der Waals surface area contributed by atoms with Gasteiger partial charge in [0.15, 0.2) is 5.54 Å². The number of carbonyl (C=O) groups is 1. The summed E-state index contributed by atoms with van der Waals surface area (Å²) in [4.78, 5) is 18.4. The number of H-pyrrole nitrogens is 1. The van der Waals surface area contributed by atoms with Crippen LogP contribution < -0.4 is 15.0 Å². The summed E-state index contributed by atoms with van der Waals surface area (Å²) in [6, 6.07) is 10.6. The molecule has 3 heterocycles. The maximum atomic E-state index is 14.7. The molecule has 0 saturated carbocycles. The third-order valence-electron chi connectivity index (χ3n) is 5.73. The smallest absolute Gasteiger partial charge is 0.259 e. The number of anilines is 1. The lowest BCUT2D eigenvalue weighted by molar-refractivity contribution is -0.123. The summed E-state index contributed by atoms with van der Waals surface area (Å²) in [6.45, 7) is 0.600. The quantitative estimate of drug-likeness (QED) is 0.677. The molecule has 5 nitrogen and oxygen atoms in total. The molecule has 1 amide bonds. The van der Waals surface area contributed by atoms with Gasteiger partial charge in [-0.1, -0.05) is 18.1 Å². The van der Waals surface area contributed by atoms with Crippen molar-refractivity contribution in [3.8, 4) is 18.1 Å². The van der Waals surface area contributed by atoms with Crippen LogP contribution in [0.4, 0.5) is 10.1 Å². The first-order valence-corrected chi connectivity index (χ1v) is 9.10. The Hall–Kier alpha value is -3.30. The molecule has 1 spiro atoms. The van der Waals surface area contributed by atoms with Crippen LogP contribution in [-0.2, 0) is 16.8 Å². The van der Waals surface area contributed by atoms with Crippen molar-refractivity contribution < 1.29 is 13.9 Å². The molecular weight excluding hydrogens is 357 g/mol. The van der Waals surface area contributed by atoms with Gasteiger partial charge in [-0.2, -0.15) is 0 Å². The van der Waals surface area contributed by atoms with Crippen LogP contribution >= 0.6 is 0 Å². The number of nitrogens with one attached hydrogen (secondary N) is 2. The normalized spacial score (nSPS) is 20.3. The molecule has 140 valence electrons. The highest BCUT2D eigenvalue weighted by Crippen LogP contribution is 2.48. The Labute approximate surface area is 161 Å². The monoisotopic (exact) mass is 375 g/mol. The number of aromatic amines is 1. The number of rotatable bonds is 2. The van der Waals surface area contributed by atoms with E-state index in [9.17, 15) is 9.18 Å². The van der Waals surface area contributed by atoms with Crippen molar-refractivity contribution >= 4 is 22.5 Å². The fraction of sp³-hybridized carbons (Fsp3) is 0.227. The van der Waals surface area contributed by atoms with E-state index in [0.717, 1.165) is 34.3 Å². The van der Waals surface area contributed by atoms with Gasteiger partial charge in [0.25, 0.3) is 5.91 Å². The topological polar surface area (TPSA) is 57.4 Å². The van der Waals surface area contributed by atoms with E-state index >= 15 is 0 Å². The summed E-state index contributed by atoms with van der Waals surface area (Å²) in [5, 5.41) is 4.38. The number of benzene rings is 2. The third kappa shape index (κ3) is 1.97. The molecule has 1 atom stereocenters. The minimum absolute atomic E-state index is 0.0135. The number of hydrogen-bond donors (Lipinski definition) is 2. The van der Waals surface area contributed by atoms with Crippen molar-refractivity contribution in [2.75, 3.05) is 25.1 Å². The lowest BCUT2D eigenvalue weighted by Gasteiger charge is -2.34. The number of methoxy groups -OCH3 is 1. The molecule has 0 saturated heterocycles. The molecule has 2 N–H and O–H groups in total. The molecule has 5 rings (SSSR count). The van der Waals surface area contributed by atoms with Crippen LogP contribution in [0.1, 0.15) is 16.8 Å². The Kier molecular flexibility index (Phi) is 3.52. The fourth-order valence-electron chi connectivity index (χ4n) is 4.56. The summed E-state index contributed by atoms with van der Waals surface area (Å²) < 4.78 is 20.1. The average Bonchev–Trinajstić information content (AvgIpc) is 3.19. The van der Waals surface area contributed by atoms with Gasteiger partial charge in [-0.15, -0.1) is 6.42 Å². The molecule has 28 heavy (non-hydrogen) atoms. The van der Waals surface area contributed by atoms with E-state index in [1.54, 1.807) is 19.2 Å². The van der Waals surface area contributed by atoms with Gasteiger partial charge in [0.2, 0.25) is 0 Å². The maximum absolute atomic E-state index is 14.7. The number of halogens is 1. The third-order valence-corrected chi connectivity index (χ3v) is 5.73. The second-order valence-electron chi connectivity index (χ2n) is 7.05. The number of carbonyl (C=O) groups excluding carboxylic acids is 1. The molecule has 0 unspecified atom stereocenters. The summed E-state index contributed by atoms with van der Waals surface area (Å²) in [7, 11) is 1.63. The predicted molar refractivity (Wildman–Crippen MR) is 105 cm³/mol. The SMILES string of the molecule is C#CCN1C(=O)[C@]2(NCCc3c2[nH]c2ccc(OC)cc32)c2cccc(F)c21. The molecule has 2 aliphatic heterocycles. The first-order valence-electron chi connectivity index (χ1n) is 9.10. The van der Waals surface area contributed by atoms with E-state index in [4.69, 9.17) is 11.2 Å². The number of aromatic nitrogens is 1. The largest absolute Gasteiger partial charge is 0.497 e. The lowest BCUT2D eigenvalue weighted by atomic mass is 9.82. The van der Waals surface area contributed by atoms with Gasteiger partial charge in [-0.05, 0) is 36.2 Å². The van der Waals surface area contributed by atoms with Gasteiger partial charge in [0.05, 0.1) is 25.0 Å². The van der Waals surface area contributed by atoms with Crippen LogP contribution in [-0.4, -0.2) is 31.1 Å². The molecule has 1 aromatic heterocycles. The van der Waals surface area contributed by atoms with Crippen molar-refractivity contribution in [1.29, 1.82) is 0 Å². The van der Waals surface area contributed by atoms with Crippen molar-refractivity contribution in [2.45, 2.75) is 12.0 Å². The molecule has 3 aromatic rings. The standard InChI is InChI=1S/C22H18FN3O2/c1-3-11-26-19-16(5-4-6-17(19)23)22(21(26)27)20-14(9-10-24-22)15-12-13(28-2)7-8-18(15)25-20/h1,4-8,12,24-25H,9-11H2,2H3/t22-/m0/s1. The molecule has 2 aromatic carbocycles. The van der Waals surface area contributed by atoms with Crippen LogP contribution in [0.3, 0.4) is 0 Å². The Bertz CT molecular complexity index is 1180. The molecule has 0 fully saturated rings. The van der Waals surface area contributed by atoms with Gasteiger partial charge in [-0.25, -0.2) is 4.39 Å². The van der Waals surface area contributed by atoms with Gasteiger partial charge < -0.3 is 9.72 Å². The Balaban J connectivity index is 1.82. The number of amides is 1. The zero-order chi connectivity index (χ0) is 19.5. The number of hydrogen-bond acceptors (Lipinski definition) is 3. The van der Waals surface area contributed by atoms with Crippen LogP contribution in [0.25, 0.3) is 10.9 Å². The van der Waals surface area contributed by atoms with E-state index in [1.807, 2.05) is 18.2 Å². The van der Waals surface area contributed by atoms with Gasteiger partial charge >= 0.3 is 0 Å². The molecule has 2 aliphatic rings. The molecule has 0 radical (unpaired) electrons. The molecule has 0 bridgehead atoms. The van der Waals surface area contributed by atoms with Gasteiger partial charge in [-0.3, -0.25) is 15.0 Å². The summed E-state index contributed by atoms with van der Waals surface area (Å²) in [5.74, 6) is 2.52. The lowest BCUT2D eigenvalue weighted by Crippen LogP contribution is -2.55. The molecule has 0 aliphatic carbocycles. The van der Waals surface area contributed by atoms with Crippen molar-refractivity contribution in [3.63, 3.8) is 0 Å². The van der Waals surface area contributed by atoms with E-state index in [2.05, 4.69) is 16.2 Å². The van der Waals surface area contributed by atoms with E-state index in [0.29, 0.717) is 12.1 Å².